The number of hydrogen-bond donors (Lipinski definition) is 2. The van der Waals surface area contributed by atoms with Crippen LogP contribution in [0.1, 0.15) is 52.7 Å². The van der Waals surface area contributed by atoms with E-state index in [0.717, 1.165) is 11.3 Å². The number of aryl methyl sites for hydroxylation is 3. The van der Waals surface area contributed by atoms with Crippen molar-refractivity contribution < 1.29 is 66.6 Å². The van der Waals surface area contributed by atoms with Crippen molar-refractivity contribution in [2.75, 3.05) is 62.8 Å². The zero-order valence-corrected chi connectivity index (χ0v) is 39.8. The Bertz CT molecular complexity index is 2270. The number of rotatable bonds is 5. The number of benzene rings is 2. The van der Waals surface area contributed by atoms with Gasteiger partial charge in [-0.3, -0.25) is 4.72 Å². The number of halogens is 4. The maximum absolute atomic E-state index is 12.5. The summed E-state index contributed by atoms with van der Waals surface area (Å²) >= 11 is 0. The van der Waals surface area contributed by atoms with E-state index in [0.29, 0.717) is 31.9 Å². The number of alkyl halides is 3. The van der Waals surface area contributed by atoms with Crippen LogP contribution in [0.2, 0.25) is 0 Å². The predicted molar refractivity (Wildman–Crippen MR) is 231 cm³/mol. The van der Waals surface area contributed by atoms with Crippen molar-refractivity contribution in [2.24, 2.45) is 7.05 Å². The molecule has 1 aromatic heterocycles. The molecule has 358 valence electrons. The van der Waals surface area contributed by atoms with Crippen LogP contribution >= 0.6 is 12.4 Å². The van der Waals surface area contributed by atoms with Crippen LogP contribution in [0.15, 0.2) is 67.3 Å². The Balaban J connectivity index is 0.000000465. The number of piperazine rings is 2. The SMILES string of the molecule is C[n+]1ccn(S(=O)(=O)N2CCN(C(=O)OC(C)(C)C)CC2)c1.Cc1cccc(N)c1.Cc1cccc(NS(=O)(=O)N2CCN(C(=O)OC(C)(C)C)CC2)c1.Cl.O=S(=O)([O-])C(F)(F)F. The molecular formula is C37H58ClF3N8O11S3. The van der Waals surface area contributed by atoms with Crippen LogP contribution in [-0.2, 0) is 47.1 Å². The summed E-state index contributed by atoms with van der Waals surface area (Å²) in [5.74, 6) is 0. The predicted octanol–water partition coefficient (Wildman–Crippen LogP) is 4.21. The van der Waals surface area contributed by atoms with Gasteiger partial charge in [-0.2, -0.15) is 38.6 Å². The number of ether oxygens (including phenoxy) is 2. The normalized spacial score (nSPS) is 15.4. The number of imidazole rings is 1. The third-order valence-electron chi connectivity index (χ3n) is 8.05. The molecular weight excluding hydrogens is 921 g/mol. The van der Waals surface area contributed by atoms with Crippen molar-refractivity contribution in [3.63, 3.8) is 0 Å². The van der Waals surface area contributed by atoms with Crippen LogP contribution in [-0.4, -0.2) is 133 Å². The average molecular weight is 980 g/mol. The maximum atomic E-state index is 12.5. The van der Waals surface area contributed by atoms with Gasteiger partial charge < -0.3 is 29.6 Å². The number of amides is 2. The van der Waals surface area contributed by atoms with Crippen LogP contribution in [0.25, 0.3) is 0 Å². The molecule has 0 aliphatic carbocycles. The van der Waals surface area contributed by atoms with Crippen molar-refractivity contribution in [1.29, 1.82) is 0 Å². The molecule has 0 unspecified atom stereocenters. The number of carbonyl (C=O) groups excluding carboxylic acids is 2. The van der Waals surface area contributed by atoms with Gasteiger partial charge in [0.2, 0.25) is 0 Å². The number of nitrogens with zero attached hydrogens (tertiary/aromatic N) is 6. The first-order chi connectivity index (χ1) is 28.2. The maximum Gasteiger partial charge on any atom is 0.485 e. The lowest BCUT2D eigenvalue weighted by Gasteiger charge is -2.34. The topological polar surface area (TPSA) is 238 Å². The molecule has 2 aliphatic rings. The van der Waals surface area contributed by atoms with Gasteiger partial charge in [0.15, 0.2) is 10.1 Å². The first-order valence-corrected chi connectivity index (χ1v) is 23.1. The van der Waals surface area contributed by atoms with Crippen LogP contribution in [0.3, 0.4) is 0 Å². The fourth-order valence-corrected chi connectivity index (χ4v) is 7.72. The second-order valence-corrected chi connectivity index (χ2v) is 20.8. The number of aromatic nitrogens is 2. The third-order valence-corrected chi connectivity index (χ3v) is 11.9. The summed E-state index contributed by atoms with van der Waals surface area (Å²) in [6, 6.07) is 15.0. The summed E-state index contributed by atoms with van der Waals surface area (Å²) < 4.78 is 127. The van der Waals surface area contributed by atoms with E-state index in [1.165, 1.54) is 40.5 Å². The van der Waals surface area contributed by atoms with Gasteiger partial charge in [0.25, 0.3) is 6.33 Å². The van der Waals surface area contributed by atoms with E-state index in [-0.39, 0.29) is 38.6 Å². The molecule has 19 nitrogen and oxygen atoms in total. The lowest BCUT2D eigenvalue weighted by molar-refractivity contribution is -0.670. The second kappa shape index (κ2) is 23.0. The second-order valence-electron chi connectivity index (χ2n) is 15.9. The minimum Gasteiger partial charge on any atom is -0.741 e. The Labute approximate surface area is 374 Å². The van der Waals surface area contributed by atoms with Crippen LogP contribution in [0.4, 0.5) is 34.1 Å². The van der Waals surface area contributed by atoms with Crippen molar-refractivity contribution in [2.45, 2.75) is 72.1 Å². The summed E-state index contributed by atoms with van der Waals surface area (Å²) in [7, 11) is -11.5. The summed E-state index contributed by atoms with van der Waals surface area (Å²) in [5.41, 5.74) is 2.25. The molecule has 2 saturated heterocycles. The summed E-state index contributed by atoms with van der Waals surface area (Å²) in [5, 5.41) is 0. The van der Waals surface area contributed by atoms with E-state index in [9.17, 15) is 39.6 Å². The van der Waals surface area contributed by atoms with E-state index >= 15 is 0 Å². The summed E-state index contributed by atoms with van der Waals surface area (Å²) in [4.78, 5) is 27.1. The Morgan fingerprint density at radius 3 is 1.48 bits per heavy atom. The van der Waals surface area contributed by atoms with Gasteiger partial charge in [-0.15, -0.1) is 16.4 Å². The number of nitrogens with two attached hydrogens (primary N) is 1. The molecule has 5 rings (SSSR count). The van der Waals surface area contributed by atoms with E-state index in [4.69, 9.17) is 28.2 Å². The Morgan fingerprint density at radius 1 is 0.730 bits per heavy atom. The zero-order chi connectivity index (χ0) is 47.5. The van der Waals surface area contributed by atoms with Crippen molar-refractivity contribution in [3.8, 4) is 0 Å². The first kappa shape index (κ1) is 56.6. The van der Waals surface area contributed by atoms with Gasteiger partial charge in [0.1, 0.15) is 23.6 Å². The largest absolute Gasteiger partial charge is 0.741 e. The Kier molecular flexibility index (Phi) is 20.7. The summed E-state index contributed by atoms with van der Waals surface area (Å²) in [6.07, 6.45) is 3.84. The molecule has 0 saturated carbocycles. The molecule has 2 amide bonds. The molecule has 0 bridgehead atoms. The number of nitrogen functional groups attached to an aromatic ring is 1. The lowest BCUT2D eigenvalue weighted by Crippen LogP contribution is -2.52. The van der Waals surface area contributed by atoms with Gasteiger partial charge in [0.05, 0.1) is 12.7 Å². The molecule has 2 fully saturated rings. The van der Waals surface area contributed by atoms with Crippen molar-refractivity contribution in [3.05, 3.63) is 78.4 Å². The molecule has 3 aromatic rings. The molecule has 3 heterocycles. The fraction of sp³-hybridized carbons (Fsp3) is 0.541. The van der Waals surface area contributed by atoms with Crippen molar-refractivity contribution >= 4 is 66.5 Å². The van der Waals surface area contributed by atoms with Gasteiger partial charge in [-0.1, -0.05) is 24.3 Å². The molecule has 63 heavy (non-hydrogen) atoms. The molecule has 2 aromatic carbocycles. The lowest BCUT2D eigenvalue weighted by atomic mass is 10.2. The number of nitrogens with one attached hydrogen (secondary N) is 1. The highest BCUT2D eigenvalue weighted by atomic mass is 35.5. The standard InChI is InChI=1S/C16H25N3O4S.C13H23N4O4S.C7H9N.CHF3O3S.ClH/c1-13-6-5-7-14(12-13)17-24(21,22)19-10-8-18(9-11-19)15(20)23-16(2,3)4;1-13(2,3)21-12(18)15-6-9-16(10-7-15)22(19,20)17-8-5-14(4)11-17;1-6-3-2-4-7(8)5-6;2-1(3,4)8(5,6)7;/h5-7,12,17H,8-11H2,1-4H3;5,8,11H,6-7,9-10H2,1-4H3;2-5H,8H2,1H3;(H,5,6,7);1H/q;+1;;;/p-1. The molecule has 2 aliphatic heterocycles. The highest BCUT2D eigenvalue weighted by Gasteiger charge is 2.37. The summed E-state index contributed by atoms with van der Waals surface area (Å²) in [6.45, 7) is 17.0. The molecule has 3 N–H and O–H groups in total. The number of anilines is 2. The quantitative estimate of drug-likeness (QED) is 0.158. The van der Waals surface area contributed by atoms with Gasteiger partial charge in [-0.05, 0) is 90.8 Å². The van der Waals surface area contributed by atoms with E-state index in [1.807, 2.05) is 44.2 Å². The smallest absolute Gasteiger partial charge is 0.485 e. The van der Waals surface area contributed by atoms with Crippen molar-refractivity contribution in [1.82, 2.24) is 22.4 Å². The molecule has 0 radical (unpaired) electrons. The van der Waals surface area contributed by atoms with Gasteiger partial charge in [0, 0.05) is 58.0 Å². The minimum absolute atomic E-state index is 0. The monoisotopic (exact) mass is 978 g/mol. The highest BCUT2D eigenvalue weighted by molar-refractivity contribution is 7.90. The molecule has 26 heteroatoms. The van der Waals surface area contributed by atoms with E-state index in [2.05, 4.69) is 4.72 Å². The highest BCUT2D eigenvalue weighted by Crippen LogP contribution is 2.21. The first-order valence-electron chi connectivity index (χ1n) is 18.9. The van der Waals surface area contributed by atoms with Gasteiger partial charge >= 0.3 is 38.1 Å². The number of carbonyl (C=O) groups is 2. The van der Waals surface area contributed by atoms with Crippen LogP contribution < -0.4 is 15.0 Å². The zero-order valence-electron chi connectivity index (χ0n) is 36.5. The van der Waals surface area contributed by atoms with E-state index in [1.54, 1.807) is 77.6 Å². The molecule has 0 spiro atoms. The van der Waals surface area contributed by atoms with Gasteiger partial charge in [-0.25, -0.2) is 22.6 Å². The Hall–Kier alpha value is -4.40. The van der Waals surface area contributed by atoms with E-state index < -0.39 is 59.4 Å². The van der Waals surface area contributed by atoms with Crippen LogP contribution in [0.5, 0.6) is 0 Å². The molecule has 0 atom stereocenters. The van der Waals surface area contributed by atoms with Crippen LogP contribution in [0, 0.1) is 13.8 Å². The number of hydrogen-bond acceptors (Lipinski definition) is 12. The average Bonchev–Trinajstić information content (AvgIpc) is 3.57. The Morgan fingerprint density at radius 2 is 1.14 bits per heavy atom. The fourth-order valence-electron chi connectivity index (χ4n) is 5.15. The third kappa shape index (κ3) is 19.9. The minimum atomic E-state index is -6.09.